The van der Waals surface area contributed by atoms with Gasteiger partial charge in [0.2, 0.25) is 0 Å². The van der Waals surface area contributed by atoms with E-state index in [0.717, 1.165) is 12.8 Å². The Hall–Kier alpha value is -1.80. The number of esters is 2. The molecule has 0 aromatic heterocycles. The standard InChI is InChI=1S/C16H24O4/c1-4-6-11-14(16(18)19-3)12-9-7-8-10-13-15(17)20-5-2/h9-10,13H,4-8,11H2,1-3H3/b13-10+. The largest absolute Gasteiger partial charge is 0.465 e. The summed E-state index contributed by atoms with van der Waals surface area (Å²) >= 11 is 0. The monoisotopic (exact) mass is 280 g/mol. The summed E-state index contributed by atoms with van der Waals surface area (Å²) in [5.41, 5.74) is 3.56. The number of methoxy groups -OCH3 is 1. The molecule has 0 bridgehead atoms. The van der Waals surface area contributed by atoms with Crippen molar-refractivity contribution in [1.82, 2.24) is 0 Å². The Labute approximate surface area is 121 Å². The number of ether oxygens (including phenoxy) is 2. The second-order valence-corrected chi connectivity index (χ2v) is 4.15. The Bertz CT molecular complexity index is 387. The Kier molecular flexibility index (Phi) is 11.1. The molecule has 0 spiro atoms. The van der Waals surface area contributed by atoms with E-state index in [0.29, 0.717) is 31.4 Å². The number of hydrogen-bond acceptors (Lipinski definition) is 4. The Morgan fingerprint density at radius 1 is 1.20 bits per heavy atom. The molecule has 112 valence electrons. The van der Waals surface area contributed by atoms with Crippen molar-refractivity contribution in [2.24, 2.45) is 0 Å². The minimum atomic E-state index is -0.329. The van der Waals surface area contributed by atoms with Crippen LogP contribution in [-0.2, 0) is 19.1 Å². The van der Waals surface area contributed by atoms with Gasteiger partial charge in [-0.15, -0.1) is 5.73 Å². The predicted octanol–water partition coefficient (Wildman–Crippen LogP) is 3.33. The highest BCUT2D eigenvalue weighted by Crippen LogP contribution is 2.08. The number of rotatable bonds is 9. The second-order valence-electron chi connectivity index (χ2n) is 4.15. The van der Waals surface area contributed by atoms with Crippen LogP contribution in [-0.4, -0.2) is 25.7 Å². The van der Waals surface area contributed by atoms with E-state index < -0.39 is 0 Å². The third-order valence-electron chi connectivity index (χ3n) is 2.51. The molecule has 4 heteroatoms. The second kappa shape index (κ2) is 12.2. The molecule has 0 saturated carbocycles. The Morgan fingerprint density at radius 3 is 2.55 bits per heavy atom. The maximum absolute atomic E-state index is 11.5. The Balaban J connectivity index is 4.29. The lowest BCUT2D eigenvalue weighted by Crippen LogP contribution is -2.03. The van der Waals surface area contributed by atoms with Crippen LogP contribution in [0.2, 0.25) is 0 Å². The van der Waals surface area contributed by atoms with Gasteiger partial charge < -0.3 is 9.47 Å². The zero-order valence-corrected chi connectivity index (χ0v) is 12.6. The fraction of sp³-hybridized carbons (Fsp3) is 0.562. The molecule has 0 unspecified atom stereocenters. The summed E-state index contributed by atoms with van der Waals surface area (Å²) < 4.78 is 9.47. The molecule has 0 rings (SSSR count). The maximum atomic E-state index is 11.5. The maximum Gasteiger partial charge on any atom is 0.341 e. The molecule has 0 saturated heterocycles. The summed E-state index contributed by atoms with van der Waals surface area (Å²) in [4.78, 5) is 22.5. The van der Waals surface area contributed by atoms with Gasteiger partial charge >= 0.3 is 11.9 Å². The van der Waals surface area contributed by atoms with Gasteiger partial charge in [-0.2, -0.15) is 0 Å². The van der Waals surface area contributed by atoms with E-state index in [2.05, 4.69) is 12.7 Å². The van der Waals surface area contributed by atoms with Gasteiger partial charge in [-0.3, -0.25) is 0 Å². The van der Waals surface area contributed by atoms with Crippen LogP contribution in [0.25, 0.3) is 0 Å². The molecule has 4 nitrogen and oxygen atoms in total. The molecule has 0 aromatic carbocycles. The fourth-order valence-corrected chi connectivity index (χ4v) is 1.45. The van der Waals surface area contributed by atoms with E-state index in [4.69, 9.17) is 9.47 Å². The molecule has 0 aliphatic heterocycles. The lowest BCUT2D eigenvalue weighted by Gasteiger charge is -2.00. The number of allylic oxidation sites excluding steroid dienone is 1. The molecule has 0 amide bonds. The first-order valence-electron chi connectivity index (χ1n) is 7.01. The molecule has 0 atom stereocenters. The third kappa shape index (κ3) is 9.17. The predicted molar refractivity (Wildman–Crippen MR) is 78.1 cm³/mol. The molecule has 0 aliphatic carbocycles. The molecular formula is C16H24O4. The minimum Gasteiger partial charge on any atom is -0.465 e. The van der Waals surface area contributed by atoms with Crippen molar-refractivity contribution in [2.75, 3.05) is 13.7 Å². The molecule has 0 fully saturated rings. The van der Waals surface area contributed by atoms with Gasteiger partial charge in [-0.1, -0.05) is 19.4 Å². The van der Waals surface area contributed by atoms with E-state index in [-0.39, 0.29) is 11.9 Å². The topological polar surface area (TPSA) is 52.6 Å². The molecule has 0 heterocycles. The highest BCUT2D eigenvalue weighted by molar-refractivity contribution is 5.88. The van der Waals surface area contributed by atoms with Gasteiger partial charge in [-0.25, -0.2) is 9.59 Å². The van der Waals surface area contributed by atoms with Crippen molar-refractivity contribution in [3.05, 3.63) is 29.5 Å². The SMILES string of the molecule is CCCCC(=C=CCC/C=C/C(=O)OCC)C(=O)OC. The van der Waals surface area contributed by atoms with Gasteiger partial charge in [0.25, 0.3) is 0 Å². The number of carbonyl (C=O) groups is 2. The first-order chi connectivity index (χ1) is 9.65. The smallest absolute Gasteiger partial charge is 0.341 e. The van der Waals surface area contributed by atoms with Gasteiger partial charge in [0.05, 0.1) is 19.3 Å². The van der Waals surface area contributed by atoms with E-state index in [1.54, 1.807) is 19.1 Å². The van der Waals surface area contributed by atoms with E-state index in [1.807, 2.05) is 0 Å². The zero-order valence-electron chi connectivity index (χ0n) is 12.6. The van der Waals surface area contributed by atoms with Crippen molar-refractivity contribution >= 4 is 11.9 Å². The first-order valence-corrected chi connectivity index (χ1v) is 7.01. The summed E-state index contributed by atoms with van der Waals surface area (Å²) in [6, 6.07) is 0. The van der Waals surface area contributed by atoms with Crippen LogP contribution >= 0.6 is 0 Å². The molecular weight excluding hydrogens is 256 g/mol. The van der Waals surface area contributed by atoms with Gasteiger partial charge in [-0.05, 0) is 38.7 Å². The van der Waals surface area contributed by atoms with Crippen molar-refractivity contribution in [2.45, 2.75) is 46.0 Å². The van der Waals surface area contributed by atoms with Gasteiger partial charge in [0, 0.05) is 6.08 Å². The average Bonchev–Trinajstić information content (AvgIpc) is 2.45. The zero-order chi connectivity index (χ0) is 15.2. The van der Waals surface area contributed by atoms with Crippen LogP contribution in [0.4, 0.5) is 0 Å². The Morgan fingerprint density at radius 2 is 1.95 bits per heavy atom. The molecule has 0 N–H and O–H groups in total. The van der Waals surface area contributed by atoms with Crippen molar-refractivity contribution in [3.63, 3.8) is 0 Å². The lowest BCUT2D eigenvalue weighted by atomic mass is 10.1. The van der Waals surface area contributed by atoms with Crippen molar-refractivity contribution < 1.29 is 19.1 Å². The summed E-state index contributed by atoms with van der Waals surface area (Å²) in [7, 11) is 1.37. The normalized spacial score (nSPS) is 9.95. The summed E-state index contributed by atoms with van der Waals surface area (Å²) in [6.45, 7) is 4.22. The molecule has 0 aromatic rings. The van der Waals surface area contributed by atoms with Crippen LogP contribution in [0.5, 0.6) is 0 Å². The summed E-state index contributed by atoms with van der Waals surface area (Å²) in [5.74, 6) is -0.651. The van der Waals surface area contributed by atoms with Crippen molar-refractivity contribution in [3.8, 4) is 0 Å². The molecule has 20 heavy (non-hydrogen) atoms. The van der Waals surface area contributed by atoms with Gasteiger partial charge in [0.1, 0.15) is 0 Å². The number of carbonyl (C=O) groups excluding carboxylic acids is 2. The molecule has 0 aliphatic rings. The van der Waals surface area contributed by atoms with E-state index >= 15 is 0 Å². The average molecular weight is 280 g/mol. The van der Waals surface area contributed by atoms with Crippen LogP contribution in [0.15, 0.2) is 29.5 Å². The summed E-state index contributed by atoms with van der Waals surface area (Å²) in [6.07, 6.45) is 9.02. The quantitative estimate of drug-likeness (QED) is 0.281. The van der Waals surface area contributed by atoms with Crippen LogP contribution < -0.4 is 0 Å². The summed E-state index contributed by atoms with van der Waals surface area (Å²) in [5, 5.41) is 0. The van der Waals surface area contributed by atoms with Crippen LogP contribution in [0.3, 0.4) is 0 Å². The number of unbranched alkanes of at least 4 members (excludes halogenated alkanes) is 2. The fourth-order valence-electron chi connectivity index (χ4n) is 1.45. The highest BCUT2D eigenvalue weighted by Gasteiger charge is 2.07. The van der Waals surface area contributed by atoms with Crippen LogP contribution in [0, 0.1) is 0 Å². The third-order valence-corrected chi connectivity index (χ3v) is 2.51. The van der Waals surface area contributed by atoms with E-state index in [9.17, 15) is 9.59 Å². The number of hydrogen-bond donors (Lipinski definition) is 0. The minimum absolute atomic E-state index is 0.322. The highest BCUT2D eigenvalue weighted by atomic mass is 16.5. The first kappa shape index (κ1) is 18.2. The lowest BCUT2D eigenvalue weighted by molar-refractivity contribution is -0.137. The molecule has 0 radical (unpaired) electrons. The van der Waals surface area contributed by atoms with Gasteiger partial charge in [0.15, 0.2) is 0 Å². The van der Waals surface area contributed by atoms with Crippen molar-refractivity contribution in [1.29, 1.82) is 0 Å². The van der Waals surface area contributed by atoms with Crippen LogP contribution in [0.1, 0.15) is 46.0 Å². The van der Waals surface area contributed by atoms with E-state index in [1.165, 1.54) is 13.2 Å².